The molecule has 3 rings (SSSR count). The number of thiophene rings is 1. The largest absolute Gasteiger partial charge is 0.478 e. The zero-order valence-electron chi connectivity index (χ0n) is 14.8. The Morgan fingerprint density at radius 3 is 2.58 bits per heavy atom. The molecule has 1 aromatic heterocycles. The van der Waals surface area contributed by atoms with Crippen molar-refractivity contribution in [1.82, 2.24) is 4.90 Å². The predicted octanol–water partition coefficient (Wildman–Crippen LogP) is 3.86. The molecule has 5 nitrogen and oxygen atoms in total. The Kier molecular flexibility index (Phi) is 5.25. The molecule has 0 spiro atoms. The minimum Gasteiger partial charge on any atom is -0.478 e. The van der Waals surface area contributed by atoms with Crippen LogP contribution in [0.5, 0.6) is 5.75 Å². The highest BCUT2D eigenvalue weighted by molar-refractivity contribution is 7.10. The maximum Gasteiger partial charge on any atom is 0.333 e. The summed E-state index contributed by atoms with van der Waals surface area (Å²) in [6, 6.07) is 7.97. The Morgan fingerprint density at radius 1 is 1.23 bits per heavy atom. The Balaban J connectivity index is 1.87. The lowest BCUT2D eigenvalue weighted by Gasteiger charge is -2.38. The lowest BCUT2D eigenvalue weighted by atomic mass is 9.97. The van der Waals surface area contributed by atoms with Crippen molar-refractivity contribution in [2.75, 3.05) is 13.7 Å². The molecular formula is C19H20ClNO4S. The summed E-state index contributed by atoms with van der Waals surface area (Å²) >= 11 is 7.49. The lowest BCUT2D eigenvalue weighted by Crippen LogP contribution is -2.53. The number of halogens is 1. The van der Waals surface area contributed by atoms with E-state index in [-0.39, 0.29) is 5.91 Å². The quantitative estimate of drug-likeness (QED) is 0.740. The van der Waals surface area contributed by atoms with Crippen LogP contribution in [0.3, 0.4) is 0 Å². The van der Waals surface area contributed by atoms with Gasteiger partial charge in [0.15, 0.2) is 11.6 Å². The maximum absolute atomic E-state index is 13.2. The first kappa shape index (κ1) is 18.7. The first-order valence-corrected chi connectivity index (χ1v) is 9.49. The van der Waals surface area contributed by atoms with Gasteiger partial charge in [0.05, 0.1) is 7.11 Å². The van der Waals surface area contributed by atoms with Crippen LogP contribution in [0.25, 0.3) is 0 Å². The fraction of sp³-hybridized carbons (Fsp3) is 0.368. The Morgan fingerprint density at radius 2 is 1.92 bits per heavy atom. The molecule has 0 bridgehead atoms. The van der Waals surface area contributed by atoms with Crippen LogP contribution in [0.4, 0.5) is 0 Å². The Bertz CT molecular complexity index is 815. The van der Waals surface area contributed by atoms with Crippen LogP contribution in [0.15, 0.2) is 35.7 Å². The number of rotatable bonds is 4. The summed E-state index contributed by atoms with van der Waals surface area (Å²) in [7, 11) is 1.33. The Hall–Kier alpha value is -2.05. The molecule has 0 radical (unpaired) electrons. The fourth-order valence-corrected chi connectivity index (χ4v) is 4.12. The van der Waals surface area contributed by atoms with Gasteiger partial charge >= 0.3 is 5.97 Å². The van der Waals surface area contributed by atoms with E-state index in [1.54, 1.807) is 54.3 Å². The molecule has 1 aromatic carbocycles. The molecule has 2 aromatic rings. The molecule has 1 amide bonds. The van der Waals surface area contributed by atoms with Gasteiger partial charge in [-0.2, -0.15) is 0 Å². The molecule has 0 N–H and O–H groups in total. The average molecular weight is 394 g/mol. The van der Waals surface area contributed by atoms with Gasteiger partial charge in [0, 0.05) is 16.4 Å². The van der Waals surface area contributed by atoms with E-state index in [2.05, 4.69) is 0 Å². The molecule has 1 aliphatic rings. The number of hydrogen-bond donors (Lipinski definition) is 0. The normalized spacial score (nSPS) is 16.8. The first-order chi connectivity index (χ1) is 12.3. The van der Waals surface area contributed by atoms with Gasteiger partial charge < -0.3 is 14.4 Å². The number of fused-ring (bicyclic) bond motifs is 1. The first-order valence-electron chi connectivity index (χ1n) is 8.23. The van der Waals surface area contributed by atoms with Gasteiger partial charge in [0.2, 0.25) is 0 Å². The van der Waals surface area contributed by atoms with Crippen LogP contribution in [0.2, 0.25) is 5.02 Å². The van der Waals surface area contributed by atoms with E-state index in [1.807, 2.05) is 11.4 Å². The van der Waals surface area contributed by atoms with Crippen LogP contribution >= 0.6 is 22.9 Å². The molecular weight excluding hydrogens is 374 g/mol. The van der Waals surface area contributed by atoms with Crippen molar-refractivity contribution in [2.45, 2.75) is 31.9 Å². The number of carbonyl (C=O) groups excluding carboxylic acids is 2. The van der Waals surface area contributed by atoms with Crippen molar-refractivity contribution in [1.29, 1.82) is 0 Å². The second-order valence-corrected chi connectivity index (χ2v) is 7.98. The van der Waals surface area contributed by atoms with Crippen LogP contribution in [-0.4, -0.2) is 36.0 Å². The number of nitrogens with zero attached hydrogens (tertiary/aromatic N) is 1. The van der Waals surface area contributed by atoms with Crippen molar-refractivity contribution in [3.8, 4) is 5.75 Å². The second-order valence-electron chi connectivity index (χ2n) is 6.54. The molecule has 0 saturated heterocycles. The molecule has 0 aliphatic carbocycles. The number of methoxy groups -OCH3 is 1. The standard InChI is InChI=1S/C19H20ClNO4S/c1-19(2,25-13-6-4-12(20)5-7-13)18(23)21-10-8-15-14(9-11-26-15)16(21)17(22)24-3/h4-7,9,11,16H,8,10H2,1-3H3. The third-order valence-corrected chi connectivity index (χ3v) is 5.60. The summed E-state index contributed by atoms with van der Waals surface area (Å²) in [5, 5.41) is 2.53. The predicted molar refractivity (Wildman–Crippen MR) is 101 cm³/mol. The summed E-state index contributed by atoms with van der Waals surface area (Å²) in [6.45, 7) is 3.84. The minimum atomic E-state index is -1.15. The number of esters is 1. The molecule has 1 atom stereocenters. The van der Waals surface area contributed by atoms with Crippen LogP contribution in [0, 0.1) is 0 Å². The van der Waals surface area contributed by atoms with E-state index in [1.165, 1.54) is 7.11 Å². The van der Waals surface area contributed by atoms with Crippen LogP contribution in [0.1, 0.15) is 30.3 Å². The zero-order valence-corrected chi connectivity index (χ0v) is 16.4. The van der Waals surface area contributed by atoms with Crippen molar-refractivity contribution in [3.63, 3.8) is 0 Å². The minimum absolute atomic E-state index is 0.264. The van der Waals surface area contributed by atoms with Crippen molar-refractivity contribution in [3.05, 3.63) is 51.2 Å². The fourth-order valence-electron chi connectivity index (χ4n) is 3.09. The monoisotopic (exact) mass is 393 g/mol. The summed E-state index contributed by atoms with van der Waals surface area (Å²) in [4.78, 5) is 28.3. The van der Waals surface area contributed by atoms with E-state index in [0.29, 0.717) is 23.7 Å². The average Bonchev–Trinajstić information content (AvgIpc) is 3.10. The Labute approximate surface area is 161 Å². The van der Waals surface area contributed by atoms with E-state index < -0.39 is 17.6 Å². The number of hydrogen-bond acceptors (Lipinski definition) is 5. The third kappa shape index (κ3) is 3.57. The summed E-state index contributed by atoms with van der Waals surface area (Å²) < 4.78 is 10.9. The van der Waals surface area contributed by atoms with Crippen molar-refractivity contribution >= 4 is 34.8 Å². The summed E-state index contributed by atoms with van der Waals surface area (Å²) in [5.74, 6) is -0.171. The van der Waals surface area contributed by atoms with Crippen LogP contribution < -0.4 is 4.74 Å². The van der Waals surface area contributed by atoms with Gasteiger partial charge in [-0.1, -0.05) is 11.6 Å². The molecule has 26 heavy (non-hydrogen) atoms. The van der Waals surface area contributed by atoms with E-state index in [9.17, 15) is 9.59 Å². The zero-order chi connectivity index (χ0) is 18.9. The number of amides is 1. The van der Waals surface area contributed by atoms with Gasteiger partial charge in [0.1, 0.15) is 5.75 Å². The highest BCUT2D eigenvalue weighted by atomic mass is 35.5. The van der Waals surface area contributed by atoms with Gasteiger partial charge in [-0.05, 0) is 61.5 Å². The van der Waals surface area contributed by atoms with Crippen LogP contribution in [-0.2, 0) is 20.7 Å². The van der Waals surface area contributed by atoms with E-state index in [4.69, 9.17) is 21.1 Å². The van der Waals surface area contributed by atoms with Gasteiger partial charge in [-0.15, -0.1) is 11.3 Å². The molecule has 0 fully saturated rings. The number of benzene rings is 1. The SMILES string of the molecule is COC(=O)C1c2ccsc2CCN1C(=O)C(C)(C)Oc1ccc(Cl)cc1. The topological polar surface area (TPSA) is 55.8 Å². The molecule has 1 aliphatic heterocycles. The molecule has 0 saturated carbocycles. The summed E-state index contributed by atoms with van der Waals surface area (Å²) in [6.07, 6.45) is 0.712. The number of ether oxygens (including phenoxy) is 2. The lowest BCUT2D eigenvalue weighted by molar-refractivity contribution is -0.160. The molecule has 1 unspecified atom stereocenters. The molecule has 138 valence electrons. The number of carbonyl (C=O) groups is 2. The highest BCUT2D eigenvalue weighted by Crippen LogP contribution is 2.36. The van der Waals surface area contributed by atoms with Crippen molar-refractivity contribution in [2.24, 2.45) is 0 Å². The van der Waals surface area contributed by atoms with E-state index in [0.717, 1.165) is 10.4 Å². The van der Waals surface area contributed by atoms with Gasteiger partial charge in [0.25, 0.3) is 5.91 Å². The summed E-state index contributed by atoms with van der Waals surface area (Å²) in [5.41, 5.74) is -0.308. The van der Waals surface area contributed by atoms with E-state index >= 15 is 0 Å². The second kappa shape index (κ2) is 7.29. The third-order valence-electron chi connectivity index (χ3n) is 4.35. The molecule has 7 heteroatoms. The highest BCUT2D eigenvalue weighted by Gasteiger charge is 2.43. The smallest absolute Gasteiger partial charge is 0.333 e. The maximum atomic E-state index is 13.2. The van der Waals surface area contributed by atoms with Crippen molar-refractivity contribution < 1.29 is 19.1 Å². The van der Waals surface area contributed by atoms with Gasteiger partial charge in [-0.25, -0.2) is 4.79 Å². The van der Waals surface area contributed by atoms with Gasteiger partial charge in [-0.3, -0.25) is 4.79 Å². The molecule has 2 heterocycles.